The van der Waals surface area contributed by atoms with Crippen LogP contribution >= 0.6 is 11.6 Å². The van der Waals surface area contributed by atoms with Gasteiger partial charge in [-0.2, -0.15) is 10.2 Å². The molecule has 0 unspecified atom stereocenters. The Bertz CT molecular complexity index is 1160. The summed E-state index contributed by atoms with van der Waals surface area (Å²) < 4.78 is 6.81. The van der Waals surface area contributed by atoms with Gasteiger partial charge in [0.1, 0.15) is 10.9 Å². The molecule has 0 bridgehead atoms. The summed E-state index contributed by atoms with van der Waals surface area (Å²) in [4.78, 5) is 23.9. The van der Waals surface area contributed by atoms with Gasteiger partial charge in [0.15, 0.2) is 0 Å². The zero-order chi connectivity index (χ0) is 22.9. The molecule has 1 heterocycles. The van der Waals surface area contributed by atoms with Crippen LogP contribution in [0, 0.1) is 6.92 Å². The summed E-state index contributed by atoms with van der Waals surface area (Å²) in [6, 6.07) is 16.7. The number of para-hydroxylation sites is 2. The van der Waals surface area contributed by atoms with Crippen LogP contribution in [0.2, 0.25) is 5.15 Å². The van der Waals surface area contributed by atoms with E-state index in [1.54, 1.807) is 30.9 Å². The maximum atomic E-state index is 12.0. The van der Waals surface area contributed by atoms with Crippen molar-refractivity contribution in [1.82, 2.24) is 20.5 Å². The molecule has 0 fully saturated rings. The first-order valence-electron chi connectivity index (χ1n) is 9.71. The second-order valence-corrected chi connectivity index (χ2v) is 6.98. The third kappa shape index (κ3) is 5.83. The van der Waals surface area contributed by atoms with Gasteiger partial charge in [0.05, 0.1) is 36.8 Å². The van der Waals surface area contributed by atoms with Crippen molar-refractivity contribution in [1.29, 1.82) is 0 Å². The Kier molecular flexibility index (Phi) is 7.77. The topological polar surface area (TPSA) is 97.6 Å². The Labute approximate surface area is 190 Å². The number of hydrazone groups is 1. The lowest BCUT2D eigenvalue weighted by molar-refractivity contribution is -0.123. The second kappa shape index (κ2) is 10.9. The van der Waals surface area contributed by atoms with Gasteiger partial charge in [-0.1, -0.05) is 48.0 Å². The number of methoxy groups -OCH3 is 1. The minimum Gasteiger partial charge on any atom is -0.496 e. The lowest BCUT2D eigenvalue weighted by Gasteiger charge is -2.04. The highest BCUT2D eigenvalue weighted by molar-refractivity contribution is 6.32. The van der Waals surface area contributed by atoms with Crippen molar-refractivity contribution < 1.29 is 14.3 Å². The van der Waals surface area contributed by atoms with Crippen LogP contribution in [-0.4, -0.2) is 41.5 Å². The van der Waals surface area contributed by atoms with Gasteiger partial charge in [0.25, 0.3) is 5.91 Å². The van der Waals surface area contributed by atoms with E-state index >= 15 is 0 Å². The molecule has 2 amide bonds. The predicted octanol–water partition coefficient (Wildman–Crippen LogP) is 3.12. The number of nitrogens with zero attached hydrogens (tertiary/aromatic N) is 3. The summed E-state index contributed by atoms with van der Waals surface area (Å²) in [5, 5.41) is 11.2. The fourth-order valence-electron chi connectivity index (χ4n) is 2.80. The third-order valence-electron chi connectivity index (χ3n) is 4.41. The SMILES string of the molecule is COc1ccccc1/C=C/C(=O)NCC(=O)N/N=C/c1c(C)nn(-c2ccccc2)c1Cl. The molecule has 9 heteroatoms. The molecule has 2 N–H and O–H groups in total. The number of carbonyl (C=O) groups is 2. The monoisotopic (exact) mass is 451 g/mol. The molecule has 3 rings (SSSR count). The minimum absolute atomic E-state index is 0.234. The van der Waals surface area contributed by atoms with Crippen molar-refractivity contribution in [2.24, 2.45) is 5.10 Å². The Hall–Kier alpha value is -3.91. The van der Waals surface area contributed by atoms with Gasteiger partial charge >= 0.3 is 0 Å². The summed E-state index contributed by atoms with van der Waals surface area (Å²) in [6.45, 7) is 1.56. The van der Waals surface area contributed by atoms with Gasteiger partial charge in [-0.15, -0.1) is 0 Å². The molecular weight excluding hydrogens is 430 g/mol. The third-order valence-corrected chi connectivity index (χ3v) is 4.77. The van der Waals surface area contributed by atoms with Crippen molar-refractivity contribution in [3.8, 4) is 11.4 Å². The molecule has 0 saturated heterocycles. The van der Waals surface area contributed by atoms with Crippen molar-refractivity contribution in [2.45, 2.75) is 6.92 Å². The van der Waals surface area contributed by atoms with E-state index in [2.05, 4.69) is 20.9 Å². The molecule has 0 atom stereocenters. The molecule has 2 aromatic carbocycles. The Morgan fingerprint density at radius 1 is 1.16 bits per heavy atom. The Morgan fingerprint density at radius 3 is 2.62 bits per heavy atom. The lowest BCUT2D eigenvalue weighted by atomic mass is 10.2. The van der Waals surface area contributed by atoms with Crippen molar-refractivity contribution in [3.63, 3.8) is 0 Å². The zero-order valence-electron chi connectivity index (χ0n) is 17.6. The van der Waals surface area contributed by atoms with Crippen LogP contribution < -0.4 is 15.5 Å². The minimum atomic E-state index is -0.482. The van der Waals surface area contributed by atoms with Gasteiger partial charge in [0.2, 0.25) is 5.91 Å². The van der Waals surface area contributed by atoms with E-state index in [0.717, 1.165) is 11.3 Å². The fourth-order valence-corrected chi connectivity index (χ4v) is 3.12. The first kappa shape index (κ1) is 22.8. The number of aromatic nitrogens is 2. The molecule has 0 spiro atoms. The molecule has 3 aromatic rings. The number of hydrogen-bond acceptors (Lipinski definition) is 5. The number of aryl methyl sites for hydroxylation is 1. The van der Waals surface area contributed by atoms with Crippen molar-refractivity contribution >= 4 is 35.7 Å². The van der Waals surface area contributed by atoms with Gasteiger partial charge in [-0.25, -0.2) is 10.1 Å². The summed E-state index contributed by atoms with van der Waals surface area (Å²) in [6.07, 6.45) is 4.36. The molecule has 1 aromatic heterocycles. The van der Waals surface area contributed by atoms with E-state index < -0.39 is 11.8 Å². The largest absolute Gasteiger partial charge is 0.496 e. The standard InChI is InChI=1S/C23H22ClN5O3/c1-16-19(23(24)29(28-16)18-9-4-3-5-10-18)14-26-27-22(31)15-25-21(30)13-12-17-8-6-7-11-20(17)32-2/h3-14H,15H2,1-2H3,(H,25,30)(H,27,31)/b13-12+,26-14+. The number of benzene rings is 2. The number of hydrogen-bond donors (Lipinski definition) is 2. The molecule has 0 aliphatic carbocycles. The smallest absolute Gasteiger partial charge is 0.259 e. The van der Waals surface area contributed by atoms with E-state index in [4.69, 9.17) is 16.3 Å². The second-order valence-electron chi connectivity index (χ2n) is 6.62. The Balaban J connectivity index is 1.52. The van der Waals surface area contributed by atoms with Gasteiger partial charge in [0, 0.05) is 11.6 Å². The van der Waals surface area contributed by atoms with E-state index in [1.807, 2.05) is 48.5 Å². The lowest BCUT2D eigenvalue weighted by Crippen LogP contribution is -2.34. The first-order valence-corrected chi connectivity index (χ1v) is 10.1. The average Bonchev–Trinajstić information content (AvgIpc) is 3.10. The molecule has 0 saturated carbocycles. The van der Waals surface area contributed by atoms with Crippen molar-refractivity contribution in [3.05, 3.63) is 82.6 Å². The molecular formula is C23H22ClN5O3. The summed E-state index contributed by atoms with van der Waals surface area (Å²) in [5.41, 5.74) is 5.17. The van der Waals surface area contributed by atoms with Crippen molar-refractivity contribution in [2.75, 3.05) is 13.7 Å². The number of carbonyl (C=O) groups excluding carboxylic acids is 2. The first-order chi connectivity index (χ1) is 15.5. The number of halogens is 1. The number of nitrogens with one attached hydrogen (secondary N) is 2. The van der Waals surface area contributed by atoms with Crippen LogP contribution in [-0.2, 0) is 9.59 Å². The highest BCUT2D eigenvalue weighted by atomic mass is 35.5. The maximum absolute atomic E-state index is 12.0. The zero-order valence-corrected chi connectivity index (χ0v) is 18.3. The van der Waals surface area contributed by atoms with Crippen LogP contribution in [0.3, 0.4) is 0 Å². The predicted molar refractivity (Wildman–Crippen MR) is 124 cm³/mol. The van der Waals surface area contributed by atoms with E-state index in [0.29, 0.717) is 22.2 Å². The van der Waals surface area contributed by atoms with Crippen LogP contribution in [0.1, 0.15) is 16.8 Å². The van der Waals surface area contributed by atoms with Crippen LogP contribution in [0.4, 0.5) is 0 Å². The van der Waals surface area contributed by atoms with Crippen LogP contribution in [0.5, 0.6) is 5.75 Å². The van der Waals surface area contributed by atoms with Gasteiger partial charge in [-0.3, -0.25) is 9.59 Å². The highest BCUT2D eigenvalue weighted by Gasteiger charge is 2.13. The molecule has 0 aliphatic heterocycles. The highest BCUT2D eigenvalue weighted by Crippen LogP contribution is 2.22. The average molecular weight is 452 g/mol. The van der Waals surface area contributed by atoms with E-state index in [1.165, 1.54) is 12.3 Å². The molecule has 0 radical (unpaired) electrons. The number of amides is 2. The van der Waals surface area contributed by atoms with E-state index in [9.17, 15) is 9.59 Å². The quantitative estimate of drug-likeness (QED) is 0.312. The van der Waals surface area contributed by atoms with Crippen LogP contribution in [0.25, 0.3) is 11.8 Å². The summed E-state index contributed by atoms with van der Waals surface area (Å²) in [7, 11) is 1.55. The van der Waals surface area contributed by atoms with Gasteiger partial charge in [-0.05, 0) is 31.2 Å². The molecule has 0 aliphatic rings. The summed E-state index contributed by atoms with van der Waals surface area (Å²) >= 11 is 6.41. The van der Waals surface area contributed by atoms with Crippen LogP contribution in [0.15, 0.2) is 65.8 Å². The van der Waals surface area contributed by atoms with E-state index in [-0.39, 0.29) is 6.54 Å². The number of ether oxygens (including phenoxy) is 1. The molecule has 32 heavy (non-hydrogen) atoms. The molecule has 8 nitrogen and oxygen atoms in total. The number of rotatable bonds is 8. The maximum Gasteiger partial charge on any atom is 0.259 e. The Morgan fingerprint density at radius 2 is 1.88 bits per heavy atom. The fraction of sp³-hybridized carbons (Fsp3) is 0.130. The molecule has 164 valence electrons. The van der Waals surface area contributed by atoms with Gasteiger partial charge < -0.3 is 10.1 Å². The normalized spacial score (nSPS) is 11.1. The summed E-state index contributed by atoms with van der Waals surface area (Å²) in [5.74, 6) is -0.254.